The predicted molar refractivity (Wildman–Crippen MR) is 94.4 cm³/mol. The van der Waals surface area contributed by atoms with Crippen LogP contribution in [0.4, 0.5) is 5.69 Å². The molecule has 7 heteroatoms. The van der Waals surface area contributed by atoms with Crippen molar-refractivity contribution in [2.24, 2.45) is 5.73 Å². The molecule has 5 nitrogen and oxygen atoms in total. The van der Waals surface area contributed by atoms with Gasteiger partial charge in [0.15, 0.2) is 0 Å². The van der Waals surface area contributed by atoms with Crippen LogP contribution in [0.2, 0.25) is 0 Å². The number of carbonyl (C=O) groups is 1. The molecule has 1 amide bonds. The lowest BCUT2D eigenvalue weighted by molar-refractivity contribution is -0.132. The van der Waals surface area contributed by atoms with E-state index in [1.165, 1.54) is 0 Å². The van der Waals surface area contributed by atoms with Crippen LogP contribution in [0, 0.1) is 0 Å². The quantitative estimate of drug-likeness (QED) is 0.855. The summed E-state index contributed by atoms with van der Waals surface area (Å²) in [6.07, 6.45) is 3.24. The van der Waals surface area contributed by atoms with Crippen molar-refractivity contribution in [1.29, 1.82) is 0 Å². The Bertz CT molecular complexity index is 460. The predicted octanol–water partition coefficient (Wildman–Crippen LogP) is 2.29. The van der Waals surface area contributed by atoms with Crippen molar-refractivity contribution in [3.63, 3.8) is 0 Å². The Balaban J connectivity index is 0.00000220. The van der Waals surface area contributed by atoms with E-state index in [9.17, 15) is 4.79 Å². The molecule has 2 rings (SSSR count). The van der Waals surface area contributed by atoms with Crippen molar-refractivity contribution in [2.75, 3.05) is 32.1 Å². The summed E-state index contributed by atoms with van der Waals surface area (Å²) in [5.74, 6) is 0.848. The highest BCUT2D eigenvalue weighted by molar-refractivity contribution is 5.85. The molecule has 1 aromatic carbocycles. The summed E-state index contributed by atoms with van der Waals surface area (Å²) < 4.78 is 5.26. The van der Waals surface area contributed by atoms with Crippen LogP contribution in [0.5, 0.6) is 5.75 Å². The molecular formula is C15H25Cl2N3O2. The van der Waals surface area contributed by atoms with Gasteiger partial charge in [-0.1, -0.05) is 12.1 Å². The van der Waals surface area contributed by atoms with E-state index in [1.54, 1.807) is 7.11 Å². The van der Waals surface area contributed by atoms with E-state index < -0.39 is 0 Å². The summed E-state index contributed by atoms with van der Waals surface area (Å²) >= 11 is 0. The smallest absolute Gasteiger partial charge is 0.242 e. The van der Waals surface area contributed by atoms with E-state index in [0.29, 0.717) is 6.54 Å². The number of nitrogens with one attached hydrogen (secondary N) is 1. The minimum absolute atomic E-state index is 0. The van der Waals surface area contributed by atoms with Gasteiger partial charge in [-0.15, -0.1) is 24.8 Å². The zero-order valence-electron chi connectivity index (χ0n) is 12.8. The Labute approximate surface area is 144 Å². The highest BCUT2D eigenvalue weighted by Gasteiger charge is 2.25. The van der Waals surface area contributed by atoms with Crippen LogP contribution < -0.4 is 15.8 Å². The van der Waals surface area contributed by atoms with Gasteiger partial charge in [0.25, 0.3) is 0 Å². The number of benzene rings is 1. The molecule has 1 saturated heterocycles. The minimum Gasteiger partial charge on any atom is -0.495 e. The summed E-state index contributed by atoms with van der Waals surface area (Å²) in [7, 11) is 1.62. The van der Waals surface area contributed by atoms with Gasteiger partial charge in [-0.05, 0) is 31.4 Å². The number of carbonyl (C=O) groups excluding carboxylic acids is 1. The van der Waals surface area contributed by atoms with Gasteiger partial charge in [-0.2, -0.15) is 0 Å². The maximum atomic E-state index is 12.3. The molecule has 0 saturated carbocycles. The number of piperidine rings is 1. The van der Waals surface area contributed by atoms with E-state index in [4.69, 9.17) is 10.5 Å². The molecule has 1 aliphatic heterocycles. The highest BCUT2D eigenvalue weighted by Crippen LogP contribution is 2.23. The van der Waals surface area contributed by atoms with Crippen molar-refractivity contribution in [3.05, 3.63) is 24.3 Å². The molecule has 0 radical (unpaired) electrons. The average molecular weight is 350 g/mol. The molecular weight excluding hydrogens is 325 g/mol. The van der Waals surface area contributed by atoms with Crippen molar-refractivity contribution >= 4 is 36.4 Å². The Morgan fingerprint density at radius 2 is 2.09 bits per heavy atom. The first kappa shape index (κ1) is 20.8. The second-order valence-corrected chi connectivity index (χ2v) is 5.03. The first-order valence-electron chi connectivity index (χ1n) is 7.12. The van der Waals surface area contributed by atoms with E-state index in [0.717, 1.165) is 37.2 Å². The van der Waals surface area contributed by atoms with Gasteiger partial charge in [0.05, 0.1) is 19.3 Å². The number of halogens is 2. The average Bonchev–Trinajstić information content (AvgIpc) is 2.52. The summed E-state index contributed by atoms with van der Waals surface area (Å²) in [6.45, 7) is 1.63. The fourth-order valence-electron chi connectivity index (χ4n) is 2.64. The number of para-hydroxylation sites is 2. The third-order valence-electron chi connectivity index (χ3n) is 3.76. The zero-order chi connectivity index (χ0) is 14.4. The number of ether oxygens (including phenoxy) is 1. The first-order valence-corrected chi connectivity index (χ1v) is 7.12. The van der Waals surface area contributed by atoms with Gasteiger partial charge in [0.1, 0.15) is 5.75 Å². The van der Waals surface area contributed by atoms with Gasteiger partial charge in [0.2, 0.25) is 5.91 Å². The normalized spacial score (nSPS) is 17.0. The molecule has 0 bridgehead atoms. The van der Waals surface area contributed by atoms with E-state index in [1.807, 2.05) is 29.2 Å². The third kappa shape index (κ3) is 5.23. The van der Waals surface area contributed by atoms with Crippen LogP contribution in [0.1, 0.15) is 19.3 Å². The fourth-order valence-corrected chi connectivity index (χ4v) is 2.64. The molecule has 1 aromatic rings. The molecule has 1 aliphatic rings. The maximum Gasteiger partial charge on any atom is 0.242 e. The van der Waals surface area contributed by atoms with Crippen molar-refractivity contribution in [1.82, 2.24) is 4.90 Å². The Morgan fingerprint density at radius 1 is 1.36 bits per heavy atom. The Morgan fingerprint density at radius 3 is 2.77 bits per heavy atom. The van der Waals surface area contributed by atoms with E-state index >= 15 is 0 Å². The van der Waals surface area contributed by atoms with Crippen LogP contribution in [0.3, 0.4) is 0 Å². The zero-order valence-corrected chi connectivity index (χ0v) is 14.4. The van der Waals surface area contributed by atoms with Crippen molar-refractivity contribution < 1.29 is 9.53 Å². The molecule has 126 valence electrons. The summed E-state index contributed by atoms with van der Waals surface area (Å²) in [6, 6.07) is 7.79. The Kier molecular flexibility index (Phi) is 9.98. The number of anilines is 1. The molecule has 3 N–H and O–H groups in total. The summed E-state index contributed by atoms with van der Waals surface area (Å²) in [5.41, 5.74) is 6.59. The van der Waals surface area contributed by atoms with Crippen LogP contribution in [-0.4, -0.2) is 43.6 Å². The summed E-state index contributed by atoms with van der Waals surface area (Å²) in [5, 5.41) is 3.15. The number of nitrogens with two attached hydrogens (primary N) is 1. The molecule has 1 fully saturated rings. The number of amides is 1. The van der Waals surface area contributed by atoms with E-state index in [-0.39, 0.29) is 43.3 Å². The molecule has 0 aromatic heterocycles. The van der Waals surface area contributed by atoms with Crippen LogP contribution in [0.25, 0.3) is 0 Å². The lowest BCUT2D eigenvalue weighted by Crippen LogP contribution is -2.49. The van der Waals surface area contributed by atoms with Crippen molar-refractivity contribution in [2.45, 2.75) is 25.3 Å². The lowest BCUT2D eigenvalue weighted by Gasteiger charge is -2.35. The number of hydrogen-bond acceptors (Lipinski definition) is 4. The molecule has 1 unspecified atom stereocenters. The lowest BCUT2D eigenvalue weighted by atomic mass is 10.0. The largest absolute Gasteiger partial charge is 0.495 e. The van der Waals surface area contributed by atoms with Gasteiger partial charge in [0, 0.05) is 19.1 Å². The molecule has 1 heterocycles. The molecule has 1 atom stereocenters. The van der Waals surface area contributed by atoms with Gasteiger partial charge < -0.3 is 20.7 Å². The fraction of sp³-hybridized carbons (Fsp3) is 0.533. The third-order valence-corrected chi connectivity index (χ3v) is 3.76. The van der Waals surface area contributed by atoms with Crippen LogP contribution in [-0.2, 0) is 4.79 Å². The number of rotatable bonds is 5. The summed E-state index contributed by atoms with van der Waals surface area (Å²) in [4.78, 5) is 14.2. The number of hydrogen-bond donors (Lipinski definition) is 2. The SMILES string of the molecule is COc1ccccc1NCC(=O)N1CCCCC1CN.Cl.Cl. The second kappa shape index (κ2) is 10.5. The Hall–Kier alpha value is -1.17. The molecule has 22 heavy (non-hydrogen) atoms. The molecule has 0 spiro atoms. The second-order valence-electron chi connectivity index (χ2n) is 5.03. The number of nitrogens with zero attached hydrogens (tertiary/aromatic N) is 1. The van der Waals surface area contributed by atoms with Crippen LogP contribution >= 0.6 is 24.8 Å². The van der Waals surface area contributed by atoms with Crippen molar-refractivity contribution in [3.8, 4) is 5.75 Å². The van der Waals surface area contributed by atoms with Gasteiger partial charge in [-0.25, -0.2) is 0 Å². The maximum absolute atomic E-state index is 12.3. The monoisotopic (exact) mass is 349 g/mol. The van der Waals surface area contributed by atoms with Crippen LogP contribution in [0.15, 0.2) is 24.3 Å². The topological polar surface area (TPSA) is 67.6 Å². The minimum atomic E-state index is 0. The van der Waals surface area contributed by atoms with E-state index in [2.05, 4.69) is 5.32 Å². The first-order chi connectivity index (χ1) is 9.76. The standard InChI is InChI=1S/C15H23N3O2.2ClH/c1-20-14-8-3-2-7-13(14)17-11-15(19)18-9-5-4-6-12(18)10-16;;/h2-3,7-8,12,17H,4-6,9-11,16H2,1H3;2*1H. The van der Waals surface area contributed by atoms with Gasteiger partial charge in [-0.3, -0.25) is 4.79 Å². The highest BCUT2D eigenvalue weighted by atomic mass is 35.5. The molecule has 0 aliphatic carbocycles. The van der Waals surface area contributed by atoms with Gasteiger partial charge >= 0.3 is 0 Å². The number of likely N-dealkylation sites (tertiary alicyclic amines) is 1. The number of methoxy groups -OCH3 is 1.